The Labute approximate surface area is 128 Å². The first-order chi connectivity index (χ1) is 9.97. The van der Waals surface area contributed by atoms with Crippen molar-refractivity contribution in [2.45, 2.75) is 33.6 Å². The number of ether oxygens (including phenoxy) is 1. The minimum absolute atomic E-state index is 0.00832. The van der Waals surface area contributed by atoms with E-state index in [2.05, 4.69) is 0 Å². The SMILES string of the molecule is Cc1ccc(C(=O)CCC(=O)Oc2cccc(C)c2C)s1. The fraction of sp³-hybridized carbons (Fsp3) is 0.294. The van der Waals surface area contributed by atoms with Crippen LogP contribution in [0.4, 0.5) is 0 Å². The molecule has 4 heteroatoms. The third kappa shape index (κ3) is 4.02. The van der Waals surface area contributed by atoms with Crippen LogP contribution < -0.4 is 4.74 Å². The average molecular weight is 302 g/mol. The summed E-state index contributed by atoms with van der Waals surface area (Å²) in [6, 6.07) is 9.30. The van der Waals surface area contributed by atoms with Crippen LogP contribution in [0.5, 0.6) is 5.75 Å². The molecule has 0 spiro atoms. The van der Waals surface area contributed by atoms with E-state index in [0.717, 1.165) is 16.0 Å². The lowest BCUT2D eigenvalue weighted by molar-refractivity contribution is -0.134. The molecule has 0 unspecified atom stereocenters. The van der Waals surface area contributed by atoms with Crippen molar-refractivity contribution >= 4 is 23.1 Å². The topological polar surface area (TPSA) is 43.4 Å². The number of carbonyl (C=O) groups excluding carboxylic acids is 2. The van der Waals surface area contributed by atoms with E-state index in [0.29, 0.717) is 10.6 Å². The number of ketones is 1. The second kappa shape index (κ2) is 6.68. The minimum Gasteiger partial charge on any atom is -0.426 e. The van der Waals surface area contributed by atoms with Gasteiger partial charge in [0, 0.05) is 11.3 Å². The molecular weight excluding hydrogens is 284 g/mol. The number of Topliss-reactive ketones (excluding diaryl/α,β-unsaturated/α-hetero) is 1. The molecule has 0 aliphatic carbocycles. The summed E-state index contributed by atoms with van der Waals surface area (Å²) >= 11 is 1.45. The summed E-state index contributed by atoms with van der Waals surface area (Å²) in [5.41, 5.74) is 2.02. The predicted octanol–water partition coefficient (Wildman–Crippen LogP) is 4.24. The maximum Gasteiger partial charge on any atom is 0.311 e. The highest BCUT2D eigenvalue weighted by molar-refractivity contribution is 7.14. The molecule has 110 valence electrons. The van der Waals surface area contributed by atoms with Crippen molar-refractivity contribution in [1.82, 2.24) is 0 Å². The van der Waals surface area contributed by atoms with Crippen LogP contribution in [0.1, 0.15) is 38.5 Å². The number of hydrogen-bond donors (Lipinski definition) is 0. The second-order valence-corrected chi connectivity index (χ2v) is 6.29. The number of aryl methyl sites for hydroxylation is 2. The fourth-order valence-electron chi connectivity index (χ4n) is 1.93. The summed E-state index contributed by atoms with van der Waals surface area (Å²) in [6.45, 7) is 5.84. The largest absolute Gasteiger partial charge is 0.426 e. The summed E-state index contributed by atoms with van der Waals surface area (Å²) in [4.78, 5) is 25.6. The first kappa shape index (κ1) is 15.4. The molecule has 1 aromatic carbocycles. The molecule has 0 aliphatic rings. The highest BCUT2D eigenvalue weighted by Gasteiger charge is 2.13. The van der Waals surface area contributed by atoms with Gasteiger partial charge in [0.2, 0.25) is 0 Å². The number of rotatable bonds is 5. The molecule has 2 aromatic rings. The molecule has 0 saturated heterocycles. The Morgan fingerprint density at radius 2 is 1.81 bits per heavy atom. The van der Waals surface area contributed by atoms with Gasteiger partial charge in [-0.3, -0.25) is 9.59 Å². The zero-order chi connectivity index (χ0) is 15.4. The van der Waals surface area contributed by atoms with E-state index in [4.69, 9.17) is 4.74 Å². The van der Waals surface area contributed by atoms with Crippen LogP contribution in [0.15, 0.2) is 30.3 Å². The molecule has 0 fully saturated rings. The van der Waals surface area contributed by atoms with Gasteiger partial charge in [0.1, 0.15) is 5.75 Å². The molecule has 0 radical (unpaired) electrons. The number of benzene rings is 1. The molecule has 0 amide bonds. The van der Waals surface area contributed by atoms with Crippen LogP contribution in [-0.2, 0) is 4.79 Å². The van der Waals surface area contributed by atoms with Crippen LogP contribution >= 0.6 is 11.3 Å². The smallest absolute Gasteiger partial charge is 0.311 e. The maximum atomic E-state index is 11.9. The van der Waals surface area contributed by atoms with E-state index in [-0.39, 0.29) is 24.6 Å². The highest BCUT2D eigenvalue weighted by Crippen LogP contribution is 2.22. The molecule has 0 atom stereocenters. The van der Waals surface area contributed by atoms with Crippen LogP contribution in [0.2, 0.25) is 0 Å². The quantitative estimate of drug-likeness (QED) is 0.471. The van der Waals surface area contributed by atoms with Crippen molar-refractivity contribution < 1.29 is 14.3 Å². The molecule has 0 saturated carbocycles. The van der Waals surface area contributed by atoms with Crippen molar-refractivity contribution in [2.24, 2.45) is 0 Å². The van der Waals surface area contributed by atoms with Crippen LogP contribution in [0.25, 0.3) is 0 Å². The number of carbonyl (C=O) groups is 2. The van der Waals surface area contributed by atoms with Crippen molar-refractivity contribution in [3.05, 3.63) is 51.2 Å². The Morgan fingerprint density at radius 1 is 1.05 bits per heavy atom. The summed E-state index contributed by atoms with van der Waals surface area (Å²) in [7, 11) is 0. The first-order valence-corrected chi connectivity index (χ1v) is 7.65. The zero-order valence-electron chi connectivity index (χ0n) is 12.4. The van der Waals surface area contributed by atoms with Crippen LogP contribution in [-0.4, -0.2) is 11.8 Å². The van der Waals surface area contributed by atoms with E-state index in [9.17, 15) is 9.59 Å². The lowest BCUT2D eigenvalue weighted by atomic mass is 10.1. The van der Waals surface area contributed by atoms with E-state index in [1.54, 1.807) is 12.1 Å². The predicted molar refractivity (Wildman–Crippen MR) is 84.2 cm³/mol. The van der Waals surface area contributed by atoms with Gasteiger partial charge in [-0.2, -0.15) is 0 Å². The number of hydrogen-bond acceptors (Lipinski definition) is 4. The lowest BCUT2D eigenvalue weighted by Gasteiger charge is -2.08. The Balaban J connectivity index is 1.90. The zero-order valence-corrected chi connectivity index (χ0v) is 13.3. The standard InChI is InChI=1S/C17H18O3S/c1-11-5-4-6-15(13(11)3)20-17(19)10-8-14(18)16-9-7-12(2)21-16/h4-7,9H,8,10H2,1-3H3. The third-order valence-corrected chi connectivity index (χ3v) is 4.39. The highest BCUT2D eigenvalue weighted by atomic mass is 32.1. The Hall–Kier alpha value is -1.94. The van der Waals surface area contributed by atoms with Crippen molar-refractivity contribution in [3.8, 4) is 5.75 Å². The number of esters is 1. The van der Waals surface area contributed by atoms with Gasteiger partial charge in [0.15, 0.2) is 5.78 Å². The number of thiophene rings is 1. The van der Waals surface area contributed by atoms with E-state index in [1.807, 2.05) is 39.0 Å². The van der Waals surface area contributed by atoms with E-state index in [1.165, 1.54) is 11.3 Å². The maximum absolute atomic E-state index is 11.9. The van der Waals surface area contributed by atoms with E-state index < -0.39 is 0 Å². The van der Waals surface area contributed by atoms with Gasteiger partial charge in [0.25, 0.3) is 0 Å². The van der Waals surface area contributed by atoms with Gasteiger partial charge < -0.3 is 4.74 Å². The molecule has 2 rings (SSSR count). The average Bonchev–Trinajstić information content (AvgIpc) is 2.88. The summed E-state index contributed by atoms with van der Waals surface area (Å²) in [5, 5.41) is 0. The fourth-order valence-corrected chi connectivity index (χ4v) is 2.77. The molecule has 1 aromatic heterocycles. The third-order valence-electron chi connectivity index (χ3n) is 3.35. The van der Waals surface area contributed by atoms with Crippen LogP contribution in [0, 0.1) is 20.8 Å². The monoisotopic (exact) mass is 302 g/mol. The van der Waals surface area contributed by atoms with Gasteiger partial charge in [-0.05, 0) is 50.1 Å². The molecule has 21 heavy (non-hydrogen) atoms. The Morgan fingerprint density at radius 3 is 2.48 bits per heavy atom. The second-order valence-electron chi connectivity index (χ2n) is 5.01. The summed E-state index contributed by atoms with van der Waals surface area (Å²) in [6.07, 6.45) is 0.285. The van der Waals surface area contributed by atoms with Crippen molar-refractivity contribution in [2.75, 3.05) is 0 Å². The normalized spacial score (nSPS) is 10.4. The summed E-state index contributed by atoms with van der Waals surface area (Å²) in [5.74, 6) is 0.191. The van der Waals surface area contributed by atoms with Crippen LogP contribution in [0.3, 0.4) is 0 Å². The minimum atomic E-state index is -0.370. The summed E-state index contributed by atoms with van der Waals surface area (Å²) < 4.78 is 5.33. The molecule has 1 heterocycles. The lowest BCUT2D eigenvalue weighted by Crippen LogP contribution is -2.11. The molecular formula is C17H18O3S. The van der Waals surface area contributed by atoms with Gasteiger partial charge in [-0.25, -0.2) is 0 Å². The van der Waals surface area contributed by atoms with Crippen molar-refractivity contribution in [1.29, 1.82) is 0 Å². The van der Waals surface area contributed by atoms with Gasteiger partial charge in [-0.15, -0.1) is 11.3 Å². The van der Waals surface area contributed by atoms with Crippen molar-refractivity contribution in [3.63, 3.8) is 0 Å². The van der Waals surface area contributed by atoms with E-state index >= 15 is 0 Å². The molecule has 0 aliphatic heterocycles. The van der Waals surface area contributed by atoms with Gasteiger partial charge in [0.05, 0.1) is 11.3 Å². The first-order valence-electron chi connectivity index (χ1n) is 6.84. The van der Waals surface area contributed by atoms with Gasteiger partial charge in [-0.1, -0.05) is 12.1 Å². The van der Waals surface area contributed by atoms with Gasteiger partial charge >= 0.3 is 5.97 Å². The molecule has 3 nitrogen and oxygen atoms in total. The Bertz CT molecular complexity index is 670. The molecule has 0 N–H and O–H groups in total. The Kier molecular flexibility index (Phi) is 4.91. The molecule has 0 bridgehead atoms.